The van der Waals surface area contributed by atoms with Gasteiger partial charge in [-0.1, -0.05) is 24.3 Å². The Morgan fingerprint density at radius 2 is 1.86 bits per heavy atom. The summed E-state index contributed by atoms with van der Waals surface area (Å²) in [6.07, 6.45) is 0. The highest BCUT2D eigenvalue weighted by Crippen LogP contribution is 2.18. The fraction of sp³-hybridized carbons (Fsp3) is 0.176. The third-order valence-electron chi connectivity index (χ3n) is 3.34. The lowest BCUT2D eigenvalue weighted by molar-refractivity contribution is 0.0827. The van der Waals surface area contributed by atoms with Crippen molar-refractivity contribution in [1.82, 2.24) is 9.88 Å². The second kappa shape index (κ2) is 5.89. The molecule has 1 N–H and O–H groups in total. The van der Waals surface area contributed by atoms with Crippen LogP contribution in [0.15, 0.2) is 52.9 Å². The Morgan fingerprint density at radius 3 is 2.55 bits per heavy atom. The average molecular weight is 295 g/mol. The number of anilines is 1. The minimum Gasteiger partial charge on any atom is -0.424 e. The number of nitrogens with zero attached hydrogens (tertiary/aromatic N) is 2. The number of carbonyl (C=O) groups is 1. The van der Waals surface area contributed by atoms with Crippen LogP contribution in [0.4, 0.5) is 6.01 Å². The van der Waals surface area contributed by atoms with E-state index >= 15 is 0 Å². The average Bonchev–Trinajstić information content (AvgIpc) is 2.95. The molecule has 0 radical (unpaired) electrons. The quantitative estimate of drug-likeness (QED) is 0.803. The molecule has 5 heteroatoms. The number of rotatable bonds is 4. The zero-order valence-electron chi connectivity index (χ0n) is 12.5. The third-order valence-corrected chi connectivity index (χ3v) is 3.34. The maximum atomic E-state index is 11.8. The zero-order valence-corrected chi connectivity index (χ0v) is 12.5. The number of fused-ring (bicyclic) bond motifs is 1. The molecular formula is C17H17N3O2. The van der Waals surface area contributed by atoms with Crippen LogP contribution in [-0.2, 0) is 6.54 Å². The zero-order chi connectivity index (χ0) is 15.5. The van der Waals surface area contributed by atoms with Gasteiger partial charge in [-0.05, 0) is 29.8 Å². The molecule has 5 nitrogen and oxygen atoms in total. The minimum atomic E-state index is -0.00143. The Hall–Kier alpha value is -2.82. The molecule has 1 amide bonds. The van der Waals surface area contributed by atoms with Gasteiger partial charge in [-0.3, -0.25) is 4.79 Å². The molecule has 1 aromatic heterocycles. The van der Waals surface area contributed by atoms with E-state index < -0.39 is 0 Å². The van der Waals surface area contributed by atoms with Crippen molar-refractivity contribution in [1.29, 1.82) is 0 Å². The summed E-state index contributed by atoms with van der Waals surface area (Å²) < 4.78 is 5.60. The number of para-hydroxylation sites is 2. The lowest BCUT2D eigenvalue weighted by Gasteiger charge is -2.10. The van der Waals surface area contributed by atoms with Gasteiger partial charge in [0.1, 0.15) is 5.52 Å². The van der Waals surface area contributed by atoms with E-state index in [1.165, 1.54) is 0 Å². The van der Waals surface area contributed by atoms with Gasteiger partial charge in [0.25, 0.3) is 11.9 Å². The molecular weight excluding hydrogens is 278 g/mol. The largest absolute Gasteiger partial charge is 0.424 e. The van der Waals surface area contributed by atoms with Gasteiger partial charge in [-0.25, -0.2) is 0 Å². The highest BCUT2D eigenvalue weighted by atomic mass is 16.4. The van der Waals surface area contributed by atoms with Crippen LogP contribution < -0.4 is 5.32 Å². The number of benzene rings is 2. The normalized spacial score (nSPS) is 10.6. The second-order valence-electron chi connectivity index (χ2n) is 5.24. The number of hydrogen-bond donors (Lipinski definition) is 1. The molecule has 0 aliphatic rings. The van der Waals surface area contributed by atoms with E-state index in [0.29, 0.717) is 18.1 Å². The minimum absolute atomic E-state index is 0.00143. The van der Waals surface area contributed by atoms with Crippen molar-refractivity contribution in [2.45, 2.75) is 6.54 Å². The van der Waals surface area contributed by atoms with E-state index in [1.807, 2.05) is 48.5 Å². The Balaban J connectivity index is 1.67. The van der Waals surface area contributed by atoms with Crippen LogP contribution >= 0.6 is 0 Å². The molecule has 0 aliphatic heterocycles. The van der Waals surface area contributed by atoms with Crippen LogP contribution in [0.25, 0.3) is 11.1 Å². The van der Waals surface area contributed by atoms with E-state index in [9.17, 15) is 4.79 Å². The molecule has 0 atom stereocenters. The maximum absolute atomic E-state index is 11.8. The number of carbonyl (C=O) groups excluding carboxylic acids is 1. The molecule has 0 fully saturated rings. The molecule has 0 spiro atoms. The van der Waals surface area contributed by atoms with Crippen LogP contribution in [0.1, 0.15) is 15.9 Å². The summed E-state index contributed by atoms with van der Waals surface area (Å²) in [5, 5.41) is 3.15. The van der Waals surface area contributed by atoms with Gasteiger partial charge in [-0.15, -0.1) is 0 Å². The number of nitrogens with one attached hydrogen (secondary N) is 1. The van der Waals surface area contributed by atoms with Gasteiger partial charge in [0.2, 0.25) is 0 Å². The van der Waals surface area contributed by atoms with E-state index in [-0.39, 0.29) is 5.91 Å². The van der Waals surface area contributed by atoms with E-state index in [1.54, 1.807) is 19.0 Å². The third kappa shape index (κ3) is 2.93. The predicted octanol–water partition coefficient (Wildman–Crippen LogP) is 3.14. The summed E-state index contributed by atoms with van der Waals surface area (Å²) in [6, 6.07) is 15.6. The van der Waals surface area contributed by atoms with Gasteiger partial charge < -0.3 is 14.6 Å². The fourth-order valence-corrected chi connectivity index (χ4v) is 2.15. The molecule has 1 heterocycles. The van der Waals surface area contributed by atoms with Gasteiger partial charge in [0, 0.05) is 26.2 Å². The SMILES string of the molecule is CN(C)C(=O)c1ccc(CNc2nc3ccccc3o2)cc1. The molecule has 0 unspecified atom stereocenters. The topological polar surface area (TPSA) is 58.4 Å². The van der Waals surface area contributed by atoms with Crippen LogP contribution in [0.2, 0.25) is 0 Å². The molecule has 0 bridgehead atoms. The molecule has 0 saturated heterocycles. The van der Waals surface area contributed by atoms with Crippen molar-refractivity contribution >= 4 is 23.0 Å². The first kappa shape index (κ1) is 14.1. The summed E-state index contributed by atoms with van der Waals surface area (Å²) in [5.41, 5.74) is 3.32. The summed E-state index contributed by atoms with van der Waals surface area (Å²) in [4.78, 5) is 17.7. The standard InChI is InChI=1S/C17H17N3O2/c1-20(2)16(21)13-9-7-12(8-10-13)11-18-17-19-14-5-3-4-6-15(14)22-17/h3-10H,11H2,1-2H3,(H,18,19). The van der Waals surface area contributed by atoms with Crippen molar-refractivity contribution in [3.05, 3.63) is 59.7 Å². The Bertz CT molecular complexity index is 758. The molecule has 0 aliphatic carbocycles. The first-order valence-corrected chi connectivity index (χ1v) is 7.03. The summed E-state index contributed by atoms with van der Waals surface area (Å²) in [7, 11) is 3.48. The van der Waals surface area contributed by atoms with Gasteiger partial charge in [0.05, 0.1) is 0 Å². The van der Waals surface area contributed by atoms with Gasteiger partial charge >= 0.3 is 0 Å². The summed E-state index contributed by atoms with van der Waals surface area (Å²) >= 11 is 0. The first-order valence-electron chi connectivity index (χ1n) is 7.03. The van der Waals surface area contributed by atoms with Crippen molar-refractivity contribution in [3.8, 4) is 0 Å². The molecule has 3 rings (SSSR count). The van der Waals surface area contributed by atoms with E-state index in [0.717, 1.165) is 16.7 Å². The number of aromatic nitrogens is 1. The smallest absolute Gasteiger partial charge is 0.295 e. The van der Waals surface area contributed by atoms with Crippen molar-refractivity contribution < 1.29 is 9.21 Å². The van der Waals surface area contributed by atoms with E-state index in [4.69, 9.17) is 4.42 Å². The van der Waals surface area contributed by atoms with Gasteiger partial charge in [-0.2, -0.15) is 4.98 Å². The number of hydrogen-bond acceptors (Lipinski definition) is 4. The molecule has 22 heavy (non-hydrogen) atoms. The maximum Gasteiger partial charge on any atom is 0.295 e. The second-order valence-corrected chi connectivity index (χ2v) is 5.24. The molecule has 112 valence electrons. The lowest BCUT2D eigenvalue weighted by Crippen LogP contribution is -2.21. The van der Waals surface area contributed by atoms with Crippen molar-refractivity contribution in [3.63, 3.8) is 0 Å². The number of oxazole rings is 1. The van der Waals surface area contributed by atoms with Crippen LogP contribution in [0.3, 0.4) is 0 Å². The Kier molecular flexibility index (Phi) is 3.78. The molecule has 2 aromatic carbocycles. The Morgan fingerprint density at radius 1 is 1.14 bits per heavy atom. The Labute approximate surface area is 128 Å². The first-order chi connectivity index (χ1) is 10.6. The molecule has 3 aromatic rings. The molecule has 0 saturated carbocycles. The summed E-state index contributed by atoms with van der Waals surface area (Å²) in [6.45, 7) is 0.587. The lowest BCUT2D eigenvalue weighted by atomic mass is 10.1. The van der Waals surface area contributed by atoms with Crippen LogP contribution in [0, 0.1) is 0 Å². The van der Waals surface area contributed by atoms with Crippen LogP contribution in [-0.4, -0.2) is 29.9 Å². The highest BCUT2D eigenvalue weighted by molar-refractivity contribution is 5.93. The van der Waals surface area contributed by atoms with Gasteiger partial charge in [0.15, 0.2) is 5.58 Å². The predicted molar refractivity (Wildman–Crippen MR) is 85.8 cm³/mol. The fourth-order valence-electron chi connectivity index (χ4n) is 2.15. The van der Waals surface area contributed by atoms with E-state index in [2.05, 4.69) is 10.3 Å². The van der Waals surface area contributed by atoms with Crippen LogP contribution in [0.5, 0.6) is 0 Å². The van der Waals surface area contributed by atoms with Crippen molar-refractivity contribution in [2.75, 3.05) is 19.4 Å². The van der Waals surface area contributed by atoms with Crippen molar-refractivity contribution in [2.24, 2.45) is 0 Å². The summed E-state index contributed by atoms with van der Waals surface area (Å²) in [5.74, 6) is -0.00143. The highest BCUT2D eigenvalue weighted by Gasteiger charge is 2.08. The number of amides is 1. The monoisotopic (exact) mass is 295 g/mol.